The SMILES string of the molecule is CCOC(=O)CCCCC(=O)c1[nH]c(=O)[nH]c1CSc1ncc(-c2ccccc2)nn1. The molecule has 0 aliphatic rings. The van der Waals surface area contributed by atoms with Gasteiger partial charge in [-0.05, 0) is 19.8 Å². The molecule has 0 atom stereocenters. The molecule has 10 heteroatoms. The van der Waals surface area contributed by atoms with Gasteiger partial charge in [-0.15, -0.1) is 10.2 Å². The lowest BCUT2D eigenvalue weighted by Crippen LogP contribution is -2.07. The molecule has 0 fully saturated rings. The number of hydrogen-bond acceptors (Lipinski definition) is 8. The number of aromatic amines is 2. The molecule has 2 N–H and O–H groups in total. The molecule has 3 rings (SSSR count). The van der Waals surface area contributed by atoms with Crippen LogP contribution in [0.4, 0.5) is 0 Å². The van der Waals surface area contributed by atoms with Crippen molar-refractivity contribution in [1.29, 1.82) is 0 Å². The standard InChI is InChI=1S/C21H23N5O4S/c1-2-30-18(28)11-7-6-10-17(27)19-16(23-20(29)24-19)13-31-21-22-12-15(25-26-21)14-8-4-3-5-9-14/h3-5,8-9,12H,2,6-7,10-11,13H2,1H3,(H2,23,24,29). The zero-order valence-electron chi connectivity index (χ0n) is 17.1. The highest BCUT2D eigenvalue weighted by atomic mass is 32.2. The highest BCUT2D eigenvalue weighted by Gasteiger charge is 2.16. The maximum Gasteiger partial charge on any atom is 0.323 e. The van der Waals surface area contributed by atoms with Crippen LogP contribution in [0.3, 0.4) is 0 Å². The van der Waals surface area contributed by atoms with Gasteiger partial charge in [-0.1, -0.05) is 42.1 Å². The Morgan fingerprint density at radius 1 is 1.06 bits per heavy atom. The maximum atomic E-state index is 12.5. The van der Waals surface area contributed by atoms with Crippen molar-refractivity contribution in [2.45, 2.75) is 43.5 Å². The van der Waals surface area contributed by atoms with Gasteiger partial charge >= 0.3 is 11.7 Å². The monoisotopic (exact) mass is 441 g/mol. The van der Waals surface area contributed by atoms with Crippen molar-refractivity contribution in [1.82, 2.24) is 25.1 Å². The second-order valence-corrected chi connectivity index (χ2v) is 7.59. The van der Waals surface area contributed by atoms with Crippen LogP contribution in [0.15, 0.2) is 46.5 Å². The second kappa shape index (κ2) is 11.2. The number of Topliss-reactive ketones (excluding diaryl/α,β-unsaturated/α-hetero) is 1. The first-order valence-corrected chi connectivity index (χ1v) is 10.9. The van der Waals surface area contributed by atoms with E-state index in [4.69, 9.17) is 4.74 Å². The number of unbranched alkanes of at least 4 members (excludes halogenated alkanes) is 1. The summed E-state index contributed by atoms with van der Waals surface area (Å²) in [7, 11) is 0. The summed E-state index contributed by atoms with van der Waals surface area (Å²) in [6, 6.07) is 9.60. The van der Waals surface area contributed by atoms with Gasteiger partial charge in [0, 0.05) is 24.2 Å². The van der Waals surface area contributed by atoms with Crippen LogP contribution < -0.4 is 5.69 Å². The lowest BCUT2D eigenvalue weighted by molar-refractivity contribution is -0.143. The van der Waals surface area contributed by atoms with Gasteiger partial charge in [-0.3, -0.25) is 9.59 Å². The summed E-state index contributed by atoms with van der Waals surface area (Å²) in [5.74, 6) is -0.139. The fourth-order valence-electron chi connectivity index (χ4n) is 2.89. The number of ether oxygens (including phenoxy) is 1. The predicted molar refractivity (Wildman–Crippen MR) is 116 cm³/mol. The van der Waals surface area contributed by atoms with E-state index in [9.17, 15) is 14.4 Å². The molecule has 0 spiro atoms. The van der Waals surface area contributed by atoms with Gasteiger partial charge in [0.2, 0.25) is 5.16 Å². The minimum absolute atomic E-state index is 0.184. The fourth-order valence-corrected chi connectivity index (χ4v) is 3.60. The number of ketones is 1. The topological polar surface area (TPSA) is 131 Å². The molecule has 9 nitrogen and oxygen atoms in total. The first kappa shape index (κ1) is 22.4. The van der Waals surface area contributed by atoms with Crippen molar-refractivity contribution in [3.8, 4) is 11.3 Å². The van der Waals surface area contributed by atoms with E-state index in [-0.39, 0.29) is 30.3 Å². The number of nitrogens with one attached hydrogen (secondary N) is 2. The number of imidazole rings is 1. The van der Waals surface area contributed by atoms with E-state index < -0.39 is 5.69 Å². The smallest absolute Gasteiger partial charge is 0.323 e. The highest BCUT2D eigenvalue weighted by Crippen LogP contribution is 2.21. The minimum atomic E-state index is -0.441. The van der Waals surface area contributed by atoms with Crippen molar-refractivity contribution < 1.29 is 14.3 Å². The van der Waals surface area contributed by atoms with Gasteiger partial charge in [-0.2, -0.15) is 0 Å². The third-order valence-electron chi connectivity index (χ3n) is 4.38. The summed E-state index contributed by atoms with van der Waals surface area (Å²) < 4.78 is 4.87. The van der Waals surface area contributed by atoms with Gasteiger partial charge in [-0.25, -0.2) is 9.78 Å². The Morgan fingerprint density at radius 2 is 1.84 bits per heavy atom. The van der Waals surface area contributed by atoms with E-state index in [1.54, 1.807) is 13.1 Å². The van der Waals surface area contributed by atoms with E-state index in [1.807, 2.05) is 30.3 Å². The van der Waals surface area contributed by atoms with Crippen molar-refractivity contribution >= 4 is 23.5 Å². The number of esters is 1. The molecule has 0 saturated carbocycles. The first-order chi connectivity index (χ1) is 15.1. The van der Waals surface area contributed by atoms with Crippen LogP contribution in [0.2, 0.25) is 0 Å². The number of carbonyl (C=O) groups is 2. The van der Waals surface area contributed by atoms with Crippen LogP contribution in [0.25, 0.3) is 11.3 Å². The Kier molecular flexibility index (Phi) is 8.11. The van der Waals surface area contributed by atoms with Gasteiger partial charge in [0.1, 0.15) is 11.4 Å². The number of thioether (sulfide) groups is 1. The normalized spacial score (nSPS) is 10.7. The molecule has 162 valence electrons. The zero-order valence-corrected chi connectivity index (χ0v) is 17.9. The molecule has 0 bridgehead atoms. The number of rotatable bonds is 11. The van der Waals surface area contributed by atoms with Gasteiger partial charge in [0.05, 0.1) is 18.5 Å². The maximum absolute atomic E-state index is 12.5. The third-order valence-corrected chi connectivity index (χ3v) is 5.26. The summed E-state index contributed by atoms with van der Waals surface area (Å²) >= 11 is 1.27. The average molecular weight is 442 g/mol. The lowest BCUT2D eigenvalue weighted by Gasteiger charge is -2.04. The van der Waals surface area contributed by atoms with Crippen molar-refractivity contribution in [3.63, 3.8) is 0 Å². The second-order valence-electron chi connectivity index (χ2n) is 6.65. The van der Waals surface area contributed by atoms with E-state index in [0.717, 1.165) is 5.56 Å². The lowest BCUT2D eigenvalue weighted by atomic mass is 10.1. The van der Waals surface area contributed by atoms with Crippen LogP contribution in [-0.4, -0.2) is 43.5 Å². The Bertz CT molecular complexity index is 1060. The van der Waals surface area contributed by atoms with Crippen LogP contribution in [-0.2, 0) is 15.3 Å². The molecule has 0 aliphatic carbocycles. The van der Waals surface area contributed by atoms with Gasteiger partial charge in [0.25, 0.3) is 0 Å². The fraction of sp³-hybridized carbons (Fsp3) is 0.333. The summed E-state index contributed by atoms with van der Waals surface area (Å²) in [6.07, 6.45) is 3.23. The van der Waals surface area contributed by atoms with Gasteiger partial charge in [0.15, 0.2) is 5.78 Å². The molecule has 1 aromatic carbocycles. The first-order valence-electron chi connectivity index (χ1n) is 9.94. The quantitative estimate of drug-likeness (QED) is 0.201. The van der Waals surface area contributed by atoms with E-state index in [0.29, 0.717) is 41.7 Å². The van der Waals surface area contributed by atoms with E-state index in [1.165, 1.54) is 11.8 Å². The highest BCUT2D eigenvalue weighted by molar-refractivity contribution is 7.98. The van der Waals surface area contributed by atoms with E-state index >= 15 is 0 Å². The molecule has 0 amide bonds. The molecule has 0 radical (unpaired) electrons. The Morgan fingerprint density at radius 3 is 2.55 bits per heavy atom. The summed E-state index contributed by atoms with van der Waals surface area (Å²) in [5.41, 5.74) is 1.89. The average Bonchev–Trinajstić information content (AvgIpc) is 3.17. The van der Waals surface area contributed by atoms with Crippen LogP contribution in [0, 0.1) is 0 Å². The number of aromatic nitrogens is 5. The Labute approximate surface area is 183 Å². The van der Waals surface area contributed by atoms with Crippen LogP contribution in [0.1, 0.15) is 48.8 Å². The molecular formula is C21H23N5O4S. The molecule has 3 aromatic rings. The number of H-pyrrole nitrogens is 2. The van der Waals surface area contributed by atoms with E-state index in [2.05, 4.69) is 25.1 Å². The predicted octanol–water partition coefficient (Wildman–Crippen LogP) is 3.15. The zero-order chi connectivity index (χ0) is 22.1. The number of benzene rings is 1. The Hall–Kier alpha value is -3.27. The molecule has 0 aliphatic heterocycles. The van der Waals surface area contributed by atoms with Crippen molar-refractivity contribution in [2.24, 2.45) is 0 Å². The summed E-state index contributed by atoms with van der Waals surface area (Å²) in [4.78, 5) is 45.1. The molecule has 2 aromatic heterocycles. The minimum Gasteiger partial charge on any atom is -0.466 e. The number of nitrogens with zero attached hydrogens (tertiary/aromatic N) is 3. The third kappa shape index (κ3) is 6.61. The van der Waals surface area contributed by atoms with Crippen molar-refractivity contribution in [3.05, 3.63) is 58.4 Å². The van der Waals surface area contributed by atoms with Crippen molar-refractivity contribution in [2.75, 3.05) is 6.61 Å². The summed E-state index contributed by atoms with van der Waals surface area (Å²) in [6.45, 7) is 2.10. The number of hydrogen-bond donors (Lipinski definition) is 2. The molecule has 2 heterocycles. The number of carbonyl (C=O) groups excluding carboxylic acids is 2. The molecular weight excluding hydrogens is 418 g/mol. The molecule has 0 saturated heterocycles. The largest absolute Gasteiger partial charge is 0.466 e. The molecule has 31 heavy (non-hydrogen) atoms. The van der Waals surface area contributed by atoms with Crippen LogP contribution in [0.5, 0.6) is 0 Å². The van der Waals surface area contributed by atoms with Gasteiger partial charge < -0.3 is 14.7 Å². The molecule has 0 unspecified atom stereocenters. The van der Waals surface area contributed by atoms with Crippen LogP contribution >= 0.6 is 11.8 Å². The summed E-state index contributed by atoms with van der Waals surface area (Å²) in [5, 5.41) is 8.74. The Balaban J connectivity index is 1.55.